The molecule has 0 radical (unpaired) electrons. The normalized spacial score (nSPS) is 12.5. The van der Waals surface area contributed by atoms with Gasteiger partial charge in [-0.25, -0.2) is 4.39 Å². The second kappa shape index (κ2) is 8.71. The van der Waals surface area contributed by atoms with E-state index in [0.29, 0.717) is 25.2 Å². The largest absolute Gasteiger partial charge is 0.380 e. The Balaban J connectivity index is 2.57. The molecule has 1 aromatic rings. The first-order valence-electron chi connectivity index (χ1n) is 6.87. The minimum atomic E-state index is -0.275. The van der Waals surface area contributed by atoms with E-state index in [1.807, 2.05) is 19.0 Å². The van der Waals surface area contributed by atoms with Gasteiger partial charge in [0.1, 0.15) is 5.82 Å². The van der Waals surface area contributed by atoms with Crippen LogP contribution in [0.4, 0.5) is 4.39 Å². The molecule has 21 heavy (non-hydrogen) atoms. The van der Waals surface area contributed by atoms with Crippen molar-refractivity contribution in [3.63, 3.8) is 0 Å². The lowest BCUT2D eigenvalue weighted by atomic mass is 10.1. The van der Waals surface area contributed by atoms with Gasteiger partial charge in [-0.15, -0.1) is 0 Å². The highest BCUT2D eigenvalue weighted by Gasteiger charge is 2.11. The first-order valence-corrected chi connectivity index (χ1v) is 6.87. The van der Waals surface area contributed by atoms with Crippen LogP contribution in [0, 0.1) is 5.82 Å². The third kappa shape index (κ3) is 6.20. The van der Waals surface area contributed by atoms with Crippen LogP contribution in [0.5, 0.6) is 0 Å². The second-order valence-corrected chi connectivity index (χ2v) is 5.24. The van der Waals surface area contributed by atoms with Gasteiger partial charge in [0.15, 0.2) is 0 Å². The molecule has 1 rings (SSSR count). The minimum absolute atomic E-state index is 0.134. The van der Waals surface area contributed by atoms with E-state index in [2.05, 4.69) is 5.32 Å². The molecule has 1 aromatic carbocycles. The SMILES string of the molecule is COC(CN)CC(=O)NCc1ccc(F)c(CN(C)C)c1. The van der Waals surface area contributed by atoms with Gasteiger partial charge in [0, 0.05) is 32.3 Å². The van der Waals surface area contributed by atoms with Crippen molar-refractivity contribution in [2.75, 3.05) is 27.7 Å². The number of nitrogens with two attached hydrogens (primary N) is 1. The summed E-state index contributed by atoms with van der Waals surface area (Å²) in [4.78, 5) is 13.6. The Morgan fingerprint density at radius 2 is 2.19 bits per heavy atom. The number of halogens is 1. The summed E-state index contributed by atoms with van der Waals surface area (Å²) in [6.07, 6.45) is -0.0545. The Labute approximate surface area is 125 Å². The Morgan fingerprint density at radius 1 is 1.48 bits per heavy atom. The van der Waals surface area contributed by atoms with Gasteiger partial charge in [0.05, 0.1) is 12.5 Å². The Kier molecular flexibility index (Phi) is 7.28. The third-order valence-corrected chi connectivity index (χ3v) is 3.10. The third-order valence-electron chi connectivity index (χ3n) is 3.10. The summed E-state index contributed by atoms with van der Waals surface area (Å²) in [5.74, 6) is -0.368. The number of methoxy groups -OCH3 is 1. The van der Waals surface area contributed by atoms with E-state index < -0.39 is 0 Å². The molecule has 1 atom stereocenters. The van der Waals surface area contributed by atoms with Gasteiger partial charge < -0.3 is 20.7 Å². The number of rotatable bonds is 8. The molecule has 0 saturated carbocycles. The summed E-state index contributed by atoms with van der Waals surface area (Å²) in [6, 6.07) is 4.87. The summed E-state index contributed by atoms with van der Waals surface area (Å²) in [5.41, 5.74) is 6.95. The fourth-order valence-electron chi connectivity index (χ4n) is 1.94. The lowest BCUT2D eigenvalue weighted by Gasteiger charge is -2.14. The first kappa shape index (κ1) is 17.6. The van der Waals surface area contributed by atoms with Crippen LogP contribution in [0.15, 0.2) is 18.2 Å². The van der Waals surface area contributed by atoms with Crippen molar-refractivity contribution >= 4 is 5.91 Å². The maximum Gasteiger partial charge on any atom is 0.222 e. The smallest absolute Gasteiger partial charge is 0.222 e. The van der Waals surface area contributed by atoms with Crippen molar-refractivity contribution in [2.24, 2.45) is 5.73 Å². The second-order valence-electron chi connectivity index (χ2n) is 5.24. The molecule has 0 heterocycles. The van der Waals surface area contributed by atoms with Crippen LogP contribution in [0.1, 0.15) is 17.5 Å². The molecule has 0 aliphatic rings. The highest BCUT2D eigenvalue weighted by atomic mass is 19.1. The molecule has 3 N–H and O–H groups in total. The summed E-state index contributed by atoms with van der Waals surface area (Å²) >= 11 is 0. The van der Waals surface area contributed by atoms with Crippen LogP contribution < -0.4 is 11.1 Å². The number of benzene rings is 1. The van der Waals surface area contributed by atoms with Crippen molar-refractivity contribution in [1.82, 2.24) is 10.2 Å². The number of ether oxygens (including phenoxy) is 1. The molecule has 0 aromatic heterocycles. The Hall–Kier alpha value is -1.50. The quantitative estimate of drug-likeness (QED) is 0.747. The highest BCUT2D eigenvalue weighted by Crippen LogP contribution is 2.12. The van der Waals surface area contributed by atoms with Gasteiger partial charge in [0.25, 0.3) is 0 Å². The van der Waals surface area contributed by atoms with Crippen molar-refractivity contribution in [3.05, 3.63) is 35.1 Å². The molecule has 0 aliphatic carbocycles. The van der Waals surface area contributed by atoms with Crippen LogP contribution in [0.25, 0.3) is 0 Å². The Morgan fingerprint density at radius 3 is 2.76 bits per heavy atom. The summed E-state index contributed by atoms with van der Waals surface area (Å²) in [7, 11) is 5.29. The van der Waals surface area contributed by atoms with Gasteiger partial charge in [-0.2, -0.15) is 0 Å². The molecular weight excluding hydrogens is 273 g/mol. The fourth-order valence-corrected chi connectivity index (χ4v) is 1.94. The molecule has 5 nitrogen and oxygen atoms in total. The summed E-state index contributed by atoms with van der Waals surface area (Å²) in [6.45, 7) is 1.18. The standard InChI is InChI=1S/C15H24FN3O2/c1-19(2)10-12-6-11(4-5-14(12)16)9-18-15(20)7-13(8-17)21-3/h4-6,13H,7-10,17H2,1-3H3,(H,18,20). The predicted octanol–water partition coefficient (Wildman–Crippen LogP) is 0.867. The molecular formula is C15H24FN3O2. The monoisotopic (exact) mass is 297 g/mol. The molecule has 1 unspecified atom stereocenters. The number of nitrogens with zero attached hydrogens (tertiary/aromatic N) is 1. The van der Waals surface area contributed by atoms with E-state index in [0.717, 1.165) is 5.56 Å². The zero-order chi connectivity index (χ0) is 15.8. The van der Waals surface area contributed by atoms with Crippen molar-refractivity contribution < 1.29 is 13.9 Å². The van der Waals surface area contributed by atoms with Gasteiger partial charge in [-0.05, 0) is 31.8 Å². The number of amides is 1. The zero-order valence-electron chi connectivity index (χ0n) is 12.9. The van der Waals surface area contributed by atoms with Gasteiger partial charge >= 0.3 is 0 Å². The van der Waals surface area contributed by atoms with Crippen LogP contribution in [0.2, 0.25) is 0 Å². The molecule has 6 heteroatoms. The maximum atomic E-state index is 13.6. The van der Waals surface area contributed by atoms with Gasteiger partial charge in [-0.1, -0.05) is 6.07 Å². The van der Waals surface area contributed by atoms with Crippen molar-refractivity contribution in [2.45, 2.75) is 25.6 Å². The fraction of sp³-hybridized carbons (Fsp3) is 0.533. The summed E-state index contributed by atoms with van der Waals surface area (Å²) < 4.78 is 18.7. The lowest BCUT2D eigenvalue weighted by molar-refractivity contribution is -0.123. The number of nitrogens with one attached hydrogen (secondary N) is 1. The van der Waals surface area contributed by atoms with E-state index in [1.165, 1.54) is 13.2 Å². The Bertz CT molecular complexity index is 462. The molecule has 0 saturated heterocycles. The average Bonchev–Trinajstić information content (AvgIpc) is 2.45. The highest BCUT2D eigenvalue weighted by molar-refractivity contribution is 5.76. The molecule has 0 aliphatic heterocycles. The van der Waals surface area contributed by atoms with Gasteiger partial charge in [0.2, 0.25) is 5.91 Å². The van der Waals surface area contributed by atoms with E-state index in [4.69, 9.17) is 10.5 Å². The van der Waals surface area contributed by atoms with Gasteiger partial charge in [-0.3, -0.25) is 4.79 Å². The van der Waals surface area contributed by atoms with E-state index in [1.54, 1.807) is 12.1 Å². The number of hydrogen-bond acceptors (Lipinski definition) is 4. The van der Waals surface area contributed by atoms with E-state index >= 15 is 0 Å². The molecule has 0 fully saturated rings. The zero-order valence-corrected chi connectivity index (χ0v) is 12.9. The lowest BCUT2D eigenvalue weighted by Crippen LogP contribution is -2.31. The molecule has 118 valence electrons. The topological polar surface area (TPSA) is 67.6 Å². The molecule has 0 bridgehead atoms. The maximum absolute atomic E-state index is 13.6. The van der Waals surface area contributed by atoms with E-state index in [-0.39, 0.29) is 24.2 Å². The van der Waals surface area contributed by atoms with Crippen LogP contribution in [0.3, 0.4) is 0 Å². The molecule has 0 spiro atoms. The average molecular weight is 297 g/mol. The minimum Gasteiger partial charge on any atom is -0.380 e. The number of carbonyl (C=O) groups is 1. The predicted molar refractivity (Wildman–Crippen MR) is 80.1 cm³/mol. The summed E-state index contributed by atoms with van der Waals surface area (Å²) in [5, 5.41) is 2.79. The van der Waals surface area contributed by atoms with Crippen LogP contribution >= 0.6 is 0 Å². The van der Waals surface area contributed by atoms with E-state index in [9.17, 15) is 9.18 Å². The van der Waals surface area contributed by atoms with Crippen LogP contribution in [-0.2, 0) is 22.6 Å². The first-order chi connectivity index (χ1) is 9.96. The molecule has 1 amide bonds. The van der Waals surface area contributed by atoms with Crippen molar-refractivity contribution in [3.8, 4) is 0 Å². The number of hydrogen-bond donors (Lipinski definition) is 2. The van der Waals surface area contributed by atoms with Crippen molar-refractivity contribution in [1.29, 1.82) is 0 Å². The van der Waals surface area contributed by atoms with Crippen LogP contribution in [-0.4, -0.2) is 44.7 Å². The number of carbonyl (C=O) groups excluding carboxylic acids is 1.